The molecule has 1 aliphatic heterocycles. The van der Waals surface area contributed by atoms with Crippen LogP contribution >= 0.6 is 0 Å². The van der Waals surface area contributed by atoms with Gasteiger partial charge in [0.1, 0.15) is 11.9 Å². The van der Waals surface area contributed by atoms with Crippen molar-refractivity contribution in [1.29, 1.82) is 5.26 Å². The van der Waals surface area contributed by atoms with Crippen molar-refractivity contribution in [3.05, 3.63) is 60.3 Å². The molecule has 2 aromatic heterocycles. The first-order chi connectivity index (χ1) is 13.7. The van der Waals surface area contributed by atoms with E-state index in [0.29, 0.717) is 41.2 Å². The summed E-state index contributed by atoms with van der Waals surface area (Å²) in [5, 5.41) is 17.4. The van der Waals surface area contributed by atoms with Gasteiger partial charge in [-0.1, -0.05) is 12.1 Å². The van der Waals surface area contributed by atoms with Crippen LogP contribution in [0.25, 0.3) is 11.3 Å². The fraction of sp³-hybridized carbons (Fsp3) is 0.250. The molecule has 0 aliphatic carbocycles. The number of rotatable bonds is 5. The molecular formula is C20H17FN6O. The Morgan fingerprint density at radius 2 is 2.07 bits per heavy atom. The number of halogens is 1. The van der Waals surface area contributed by atoms with Crippen molar-refractivity contribution in [2.45, 2.75) is 6.42 Å². The Morgan fingerprint density at radius 3 is 2.86 bits per heavy atom. The fourth-order valence-electron chi connectivity index (χ4n) is 3.20. The topological polar surface area (TPSA) is 87.8 Å². The second kappa shape index (κ2) is 7.96. The van der Waals surface area contributed by atoms with Crippen molar-refractivity contribution in [2.24, 2.45) is 5.92 Å². The van der Waals surface area contributed by atoms with E-state index < -0.39 is 0 Å². The molecule has 0 radical (unpaired) electrons. The number of nitriles is 1. The van der Waals surface area contributed by atoms with E-state index in [9.17, 15) is 9.65 Å². The van der Waals surface area contributed by atoms with Crippen molar-refractivity contribution in [3.8, 4) is 23.2 Å². The van der Waals surface area contributed by atoms with E-state index in [0.717, 1.165) is 19.5 Å². The normalized spacial score (nSPS) is 16.0. The zero-order chi connectivity index (χ0) is 19.3. The highest BCUT2D eigenvalue weighted by atomic mass is 19.1. The molecule has 0 spiro atoms. The van der Waals surface area contributed by atoms with Gasteiger partial charge in [-0.05, 0) is 24.6 Å². The number of benzene rings is 1. The smallest absolute Gasteiger partial charge is 0.233 e. The first-order valence-electron chi connectivity index (χ1n) is 8.91. The van der Waals surface area contributed by atoms with E-state index in [1.807, 2.05) is 0 Å². The molecule has 0 amide bonds. The molecule has 7 nitrogen and oxygen atoms in total. The van der Waals surface area contributed by atoms with E-state index in [1.54, 1.807) is 30.5 Å². The Bertz CT molecular complexity index is 1000. The maximum Gasteiger partial charge on any atom is 0.233 e. The summed E-state index contributed by atoms with van der Waals surface area (Å²) in [6.45, 7) is 2.03. The summed E-state index contributed by atoms with van der Waals surface area (Å²) in [7, 11) is 0. The summed E-state index contributed by atoms with van der Waals surface area (Å²) in [4.78, 5) is 10.4. The number of aromatic nitrogens is 4. The molecule has 1 fully saturated rings. The van der Waals surface area contributed by atoms with Gasteiger partial charge in [-0.25, -0.2) is 14.4 Å². The average molecular weight is 376 g/mol. The van der Waals surface area contributed by atoms with E-state index >= 15 is 0 Å². The molecule has 1 aromatic carbocycles. The van der Waals surface area contributed by atoms with E-state index in [1.165, 1.54) is 18.3 Å². The molecule has 1 aliphatic rings. The van der Waals surface area contributed by atoms with Gasteiger partial charge in [-0.2, -0.15) is 5.26 Å². The lowest BCUT2D eigenvalue weighted by atomic mass is 10.1. The predicted molar refractivity (Wildman–Crippen MR) is 100.0 cm³/mol. The minimum atomic E-state index is -0.312. The summed E-state index contributed by atoms with van der Waals surface area (Å²) in [5.41, 5.74) is 1.59. The van der Waals surface area contributed by atoms with Crippen LogP contribution in [0, 0.1) is 23.1 Å². The van der Waals surface area contributed by atoms with Crippen LogP contribution in [0.1, 0.15) is 12.1 Å². The van der Waals surface area contributed by atoms with E-state index in [4.69, 9.17) is 4.74 Å². The Morgan fingerprint density at radius 1 is 1.18 bits per heavy atom. The Kier molecular flexibility index (Phi) is 5.06. The highest BCUT2D eigenvalue weighted by Crippen LogP contribution is 2.24. The zero-order valence-electron chi connectivity index (χ0n) is 15.0. The monoisotopic (exact) mass is 376 g/mol. The number of nitrogens with zero attached hydrogens (tertiary/aromatic N) is 6. The summed E-state index contributed by atoms with van der Waals surface area (Å²) < 4.78 is 19.1. The fourth-order valence-corrected chi connectivity index (χ4v) is 3.20. The second-order valence-corrected chi connectivity index (χ2v) is 6.52. The molecule has 0 N–H and O–H groups in total. The predicted octanol–water partition coefficient (Wildman–Crippen LogP) is 2.85. The molecule has 1 saturated heterocycles. The Labute approximate surface area is 161 Å². The van der Waals surface area contributed by atoms with Gasteiger partial charge in [0.05, 0.1) is 12.3 Å². The molecule has 0 bridgehead atoms. The van der Waals surface area contributed by atoms with Crippen LogP contribution in [0.4, 0.5) is 10.2 Å². The van der Waals surface area contributed by atoms with Crippen molar-refractivity contribution in [2.75, 3.05) is 24.6 Å². The molecule has 140 valence electrons. The molecule has 8 heteroatoms. The molecule has 3 aromatic rings. The van der Waals surface area contributed by atoms with Crippen LogP contribution < -0.4 is 9.64 Å². The lowest BCUT2D eigenvalue weighted by Crippen LogP contribution is -2.24. The van der Waals surface area contributed by atoms with Crippen LogP contribution in [0.5, 0.6) is 5.88 Å². The minimum absolute atomic E-state index is 0.290. The standard InChI is InChI=1S/C20H17FN6O/c21-16-3-1-2-15(10-16)17-4-5-19(26-25-17)28-13-14-6-9-27(12-14)20-18(11-22)23-7-8-24-20/h1-5,7-8,10,14H,6,9,12-13H2. The van der Waals surface area contributed by atoms with Gasteiger partial charge in [0.15, 0.2) is 11.5 Å². The van der Waals surface area contributed by atoms with Gasteiger partial charge in [-0.3, -0.25) is 0 Å². The molecule has 28 heavy (non-hydrogen) atoms. The third-order valence-electron chi connectivity index (χ3n) is 4.60. The van der Waals surface area contributed by atoms with Crippen molar-refractivity contribution in [3.63, 3.8) is 0 Å². The third kappa shape index (κ3) is 3.88. The maximum absolute atomic E-state index is 13.3. The van der Waals surface area contributed by atoms with Gasteiger partial charge in [0.2, 0.25) is 5.88 Å². The summed E-state index contributed by atoms with van der Waals surface area (Å²) in [5.74, 6) is 1.02. The lowest BCUT2D eigenvalue weighted by molar-refractivity contribution is 0.249. The van der Waals surface area contributed by atoms with Gasteiger partial charge in [0.25, 0.3) is 0 Å². The molecule has 1 atom stereocenters. The molecule has 1 unspecified atom stereocenters. The lowest BCUT2D eigenvalue weighted by Gasteiger charge is -2.17. The Hall–Kier alpha value is -3.60. The zero-order valence-corrected chi connectivity index (χ0v) is 15.0. The van der Waals surface area contributed by atoms with Crippen LogP contribution in [-0.2, 0) is 0 Å². The highest BCUT2D eigenvalue weighted by molar-refractivity contribution is 5.58. The first-order valence-corrected chi connectivity index (χ1v) is 8.91. The van der Waals surface area contributed by atoms with Crippen molar-refractivity contribution < 1.29 is 9.13 Å². The van der Waals surface area contributed by atoms with Crippen molar-refractivity contribution >= 4 is 5.82 Å². The Balaban J connectivity index is 1.35. The third-order valence-corrected chi connectivity index (χ3v) is 4.60. The van der Waals surface area contributed by atoms with Crippen molar-refractivity contribution in [1.82, 2.24) is 20.2 Å². The van der Waals surface area contributed by atoms with E-state index in [2.05, 4.69) is 31.1 Å². The van der Waals surface area contributed by atoms with Crippen LogP contribution in [0.2, 0.25) is 0 Å². The second-order valence-electron chi connectivity index (χ2n) is 6.52. The number of anilines is 1. The molecular weight excluding hydrogens is 359 g/mol. The summed E-state index contributed by atoms with van der Waals surface area (Å²) in [6, 6.07) is 11.8. The molecule has 4 rings (SSSR count). The SMILES string of the molecule is N#Cc1nccnc1N1CCC(COc2ccc(-c3cccc(F)c3)nn2)C1. The average Bonchev–Trinajstić information content (AvgIpc) is 3.21. The first kappa shape index (κ1) is 17.8. The highest BCUT2D eigenvalue weighted by Gasteiger charge is 2.26. The maximum atomic E-state index is 13.3. The largest absolute Gasteiger partial charge is 0.476 e. The van der Waals surface area contributed by atoms with Gasteiger partial charge >= 0.3 is 0 Å². The van der Waals surface area contributed by atoms with Crippen LogP contribution in [0.15, 0.2) is 48.8 Å². The van der Waals surface area contributed by atoms with Crippen LogP contribution in [0.3, 0.4) is 0 Å². The number of hydrogen-bond donors (Lipinski definition) is 0. The number of hydrogen-bond acceptors (Lipinski definition) is 7. The molecule has 3 heterocycles. The van der Waals surface area contributed by atoms with Gasteiger partial charge < -0.3 is 9.64 Å². The molecule has 0 saturated carbocycles. The summed E-state index contributed by atoms with van der Waals surface area (Å²) in [6.07, 6.45) is 4.04. The van der Waals surface area contributed by atoms with Crippen LogP contribution in [-0.4, -0.2) is 39.9 Å². The quantitative estimate of drug-likeness (QED) is 0.676. The number of ether oxygens (including phenoxy) is 1. The summed E-state index contributed by atoms with van der Waals surface area (Å²) >= 11 is 0. The van der Waals surface area contributed by atoms with Gasteiger partial charge in [-0.15, -0.1) is 10.2 Å². The van der Waals surface area contributed by atoms with E-state index in [-0.39, 0.29) is 5.82 Å². The van der Waals surface area contributed by atoms with Gasteiger partial charge in [0, 0.05) is 43.0 Å². The minimum Gasteiger partial charge on any atom is -0.476 e.